The molecular formula is C19H22N4O2. The summed E-state index contributed by atoms with van der Waals surface area (Å²) in [4.78, 5) is 0. The Hall–Kier alpha value is -2.44. The van der Waals surface area contributed by atoms with Crippen molar-refractivity contribution in [2.45, 2.75) is 31.8 Å². The summed E-state index contributed by atoms with van der Waals surface area (Å²) in [7, 11) is 1.91. The number of hydrogen-bond donors (Lipinski definition) is 2. The number of rotatable bonds is 5. The third-order valence-corrected chi connectivity index (χ3v) is 5.30. The molecule has 2 aromatic heterocycles. The van der Waals surface area contributed by atoms with Crippen LogP contribution in [0, 0.1) is 6.92 Å². The Labute approximate surface area is 146 Å². The zero-order chi connectivity index (χ0) is 17.4. The van der Waals surface area contributed by atoms with Gasteiger partial charge in [-0.05, 0) is 30.9 Å². The van der Waals surface area contributed by atoms with E-state index in [1.165, 1.54) is 11.1 Å². The van der Waals surface area contributed by atoms with Gasteiger partial charge in [-0.1, -0.05) is 29.4 Å². The first-order valence-corrected chi connectivity index (χ1v) is 8.52. The van der Waals surface area contributed by atoms with Gasteiger partial charge in [0.15, 0.2) is 5.76 Å². The van der Waals surface area contributed by atoms with E-state index in [9.17, 15) is 5.11 Å². The molecule has 1 aromatic carbocycles. The standard InChI is InChI=1S/C19H22N4O2/c1-13-16(11-21-23(13)2)18-9-15(25-22-18)10-20-19(12-24)8-7-14-5-3-4-6-17(14)19/h3-6,9,11,20,24H,7-8,10,12H2,1-2H3. The summed E-state index contributed by atoms with van der Waals surface area (Å²) in [5.74, 6) is 0.746. The zero-order valence-electron chi connectivity index (χ0n) is 14.5. The molecule has 3 aromatic rings. The summed E-state index contributed by atoms with van der Waals surface area (Å²) in [5, 5.41) is 22.0. The van der Waals surface area contributed by atoms with Crippen LogP contribution < -0.4 is 5.32 Å². The lowest BCUT2D eigenvalue weighted by Crippen LogP contribution is -2.43. The third kappa shape index (κ3) is 2.67. The van der Waals surface area contributed by atoms with Crippen LogP contribution >= 0.6 is 0 Å². The first-order chi connectivity index (χ1) is 12.1. The van der Waals surface area contributed by atoms with Crippen molar-refractivity contribution >= 4 is 0 Å². The number of hydrogen-bond acceptors (Lipinski definition) is 5. The third-order valence-electron chi connectivity index (χ3n) is 5.30. The van der Waals surface area contributed by atoms with Crippen molar-refractivity contribution in [3.05, 3.63) is 59.1 Å². The summed E-state index contributed by atoms with van der Waals surface area (Å²) < 4.78 is 7.31. The molecule has 0 spiro atoms. The largest absolute Gasteiger partial charge is 0.394 e. The maximum absolute atomic E-state index is 10.0. The van der Waals surface area contributed by atoms with Gasteiger partial charge in [-0.25, -0.2) is 0 Å². The van der Waals surface area contributed by atoms with Gasteiger partial charge in [0, 0.05) is 24.4 Å². The van der Waals surface area contributed by atoms with Crippen LogP contribution in [0.25, 0.3) is 11.3 Å². The van der Waals surface area contributed by atoms with Crippen LogP contribution in [-0.2, 0) is 25.6 Å². The Morgan fingerprint density at radius 1 is 1.36 bits per heavy atom. The van der Waals surface area contributed by atoms with Gasteiger partial charge in [0.05, 0.1) is 24.9 Å². The van der Waals surface area contributed by atoms with Crippen molar-refractivity contribution in [3.63, 3.8) is 0 Å². The summed E-state index contributed by atoms with van der Waals surface area (Å²) in [6, 6.07) is 10.2. The molecule has 2 heterocycles. The van der Waals surface area contributed by atoms with E-state index in [1.807, 2.05) is 36.9 Å². The quantitative estimate of drug-likeness (QED) is 0.746. The molecule has 2 N–H and O–H groups in total. The molecule has 1 aliphatic rings. The second kappa shape index (κ2) is 6.13. The molecule has 0 saturated heterocycles. The van der Waals surface area contributed by atoms with Gasteiger partial charge in [0.1, 0.15) is 5.69 Å². The van der Waals surface area contributed by atoms with Crippen LogP contribution in [0.2, 0.25) is 0 Å². The van der Waals surface area contributed by atoms with Crippen molar-refractivity contribution < 1.29 is 9.63 Å². The van der Waals surface area contributed by atoms with E-state index in [0.717, 1.165) is 35.6 Å². The molecule has 0 bridgehead atoms. The van der Waals surface area contributed by atoms with Crippen LogP contribution in [0.1, 0.15) is 29.0 Å². The Morgan fingerprint density at radius 2 is 2.20 bits per heavy atom. The van der Waals surface area contributed by atoms with Gasteiger partial charge < -0.3 is 9.63 Å². The molecule has 0 fully saturated rings. The number of aryl methyl sites for hydroxylation is 2. The van der Waals surface area contributed by atoms with Crippen LogP contribution in [0.4, 0.5) is 0 Å². The van der Waals surface area contributed by atoms with E-state index in [1.54, 1.807) is 6.20 Å². The normalized spacial score (nSPS) is 19.3. The second-order valence-corrected chi connectivity index (χ2v) is 6.70. The van der Waals surface area contributed by atoms with E-state index in [0.29, 0.717) is 6.54 Å². The molecule has 1 aliphatic carbocycles. The highest BCUT2D eigenvalue weighted by Crippen LogP contribution is 2.36. The number of nitrogens with zero attached hydrogens (tertiary/aromatic N) is 3. The van der Waals surface area contributed by atoms with Crippen molar-refractivity contribution in [2.24, 2.45) is 7.05 Å². The first-order valence-electron chi connectivity index (χ1n) is 8.52. The molecule has 130 valence electrons. The highest BCUT2D eigenvalue weighted by molar-refractivity contribution is 5.60. The summed E-state index contributed by atoms with van der Waals surface area (Å²) in [5.41, 5.74) is 4.87. The summed E-state index contributed by atoms with van der Waals surface area (Å²) in [6.07, 6.45) is 3.65. The van der Waals surface area contributed by atoms with E-state index in [4.69, 9.17) is 4.52 Å². The minimum absolute atomic E-state index is 0.0622. The second-order valence-electron chi connectivity index (χ2n) is 6.70. The van der Waals surface area contributed by atoms with Gasteiger partial charge in [0.25, 0.3) is 0 Å². The molecule has 1 unspecified atom stereocenters. The van der Waals surface area contributed by atoms with Gasteiger partial charge >= 0.3 is 0 Å². The zero-order valence-corrected chi connectivity index (χ0v) is 14.5. The van der Waals surface area contributed by atoms with Gasteiger partial charge in [-0.2, -0.15) is 5.10 Å². The molecule has 1 atom stereocenters. The highest BCUT2D eigenvalue weighted by atomic mass is 16.5. The maximum Gasteiger partial charge on any atom is 0.151 e. The number of nitrogens with one attached hydrogen (secondary N) is 1. The van der Waals surface area contributed by atoms with Crippen molar-refractivity contribution in [2.75, 3.05) is 6.61 Å². The SMILES string of the molecule is Cc1c(-c2cc(CNC3(CO)CCc4ccccc43)on2)cnn1C. The number of aliphatic hydroxyl groups is 1. The molecular weight excluding hydrogens is 316 g/mol. The molecule has 4 rings (SSSR count). The van der Waals surface area contributed by atoms with Crippen molar-refractivity contribution in [3.8, 4) is 11.3 Å². The summed E-state index contributed by atoms with van der Waals surface area (Å²) >= 11 is 0. The van der Waals surface area contributed by atoms with Crippen molar-refractivity contribution in [1.82, 2.24) is 20.3 Å². The maximum atomic E-state index is 10.0. The van der Waals surface area contributed by atoms with E-state index in [2.05, 4.69) is 27.7 Å². The highest BCUT2D eigenvalue weighted by Gasteiger charge is 2.37. The fraction of sp³-hybridized carbons (Fsp3) is 0.368. The van der Waals surface area contributed by atoms with Crippen molar-refractivity contribution in [1.29, 1.82) is 0 Å². The van der Waals surface area contributed by atoms with Crippen LogP contribution in [-0.4, -0.2) is 26.7 Å². The fourth-order valence-electron chi connectivity index (χ4n) is 3.62. The lowest BCUT2D eigenvalue weighted by Gasteiger charge is -2.29. The summed E-state index contributed by atoms with van der Waals surface area (Å²) in [6.45, 7) is 2.58. The number of aromatic nitrogens is 3. The van der Waals surface area contributed by atoms with E-state index in [-0.39, 0.29) is 6.61 Å². The Morgan fingerprint density at radius 3 is 2.96 bits per heavy atom. The molecule has 0 amide bonds. The molecule has 0 saturated carbocycles. The van der Waals surface area contributed by atoms with E-state index >= 15 is 0 Å². The molecule has 6 heteroatoms. The van der Waals surface area contributed by atoms with Crippen LogP contribution in [0.3, 0.4) is 0 Å². The first kappa shape index (κ1) is 16.1. The average Bonchev–Trinajstić information content (AvgIpc) is 3.33. The van der Waals surface area contributed by atoms with Gasteiger partial charge in [-0.15, -0.1) is 0 Å². The van der Waals surface area contributed by atoms with Gasteiger partial charge in [0.2, 0.25) is 0 Å². The van der Waals surface area contributed by atoms with Crippen LogP contribution in [0.15, 0.2) is 41.1 Å². The predicted octanol–water partition coefficient (Wildman–Crippen LogP) is 2.31. The number of aliphatic hydroxyl groups excluding tert-OH is 1. The minimum Gasteiger partial charge on any atom is -0.394 e. The van der Waals surface area contributed by atoms with E-state index < -0.39 is 5.54 Å². The molecule has 25 heavy (non-hydrogen) atoms. The Bertz CT molecular complexity index is 898. The topological polar surface area (TPSA) is 76.1 Å². The Kier molecular flexibility index (Phi) is 3.94. The average molecular weight is 338 g/mol. The monoisotopic (exact) mass is 338 g/mol. The fourth-order valence-corrected chi connectivity index (χ4v) is 3.62. The van der Waals surface area contributed by atoms with Crippen LogP contribution in [0.5, 0.6) is 0 Å². The number of benzene rings is 1. The minimum atomic E-state index is -0.409. The molecule has 0 aliphatic heterocycles. The lowest BCUT2D eigenvalue weighted by atomic mass is 9.92. The Balaban J connectivity index is 1.53. The molecule has 6 nitrogen and oxygen atoms in total. The number of fused-ring (bicyclic) bond motifs is 1. The smallest absolute Gasteiger partial charge is 0.151 e. The molecule has 0 radical (unpaired) electrons. The lowest BCUT2D eigenvalue weighted by molar-refractivity contribution is 0.155. The van der Waals surface area contributed by atoms with Gasteiger partial charge in [-0.3, -0.25) is 10.00 Å². The predicted molar refractivity (Wildman–Crippen MR) is 93.8 cm³/mol.